The number of benzene rings is 2. The highest BCUT2D eigenvalue weighted by Gasteiger charge is 2.14. The summed E-state index contributed by atoms with van der Waals surface area (Å²) in [7, 11) is 0. The van der Waals surface area contributed by atoms with Crippen molar-refractivity contribution < 1.29 is 4.79 Å². The van der Waals surface area contributed by atoms with Gasteiger partial charge in [0, 0.05) is 24.2 Å². The fraction of sp³-hybridized carbons (Fsp3) is 0.0435. The van der Waals surface area contributed by atoms with E-state index in [1.165, 1.54) is 0 Å². The van der Waals surface area contributed by atoms with Crippen molar-refractivity contribution in [2.24, 2.45) is 0 Å². The number of pyridine rings is 1. The Labute approximate surface area is 174 Å². The second kappa shape index (κ2) is 8.83. The van der Waals surface area contributed by atoms with Crippen LogP contribution in [0.5, 0.6) is 0 Å². The lowest BCUT2D eigenvalue weighted by Crippen LogP contribution is -2.20. The van der Waals surface area contributed by atoms with Gasteiger partial charge in [0.05, 0.1) is 17.9 Å². The number of hydrogen-bond donors (Lipinski definition) is 2. The summed E-state index contributed by atoms with van der Waals surface area (Å²) in [6, 6.07) is 22.0. The molecule has 0 aliphatic heterocycles. The number of nitrogen functional groups attached to an aromatic ring is 1. The Bertz CT molecular complexity index is 1080. The van der Waals surface area contributed by atoms with E-state index in [9.17, 15) is 4.79 Å². The van der Waals surface area contributed by atoms with Gasteiger partial charge in [0.15, 0.2) is 0 Å². The highest BCUT2D eigenvalue weighted by molar-refractivity contribution is 6.05. The van der Waals surface area contributed by atoms with Crippen LogP contribution in [0, 0.1) is 0 Å². The van der Waals surface area contributed by atoms with Gasteiger partial charge in [-0.1, -0.05) is 30.3 Å². The molecular formula is C23H20N6O. The standard InChI is InChI=1S/C23H20N6O/c24-19-6-1-2-7-20(19)28-22(30)18-11-9-17(10-12-18)16-29(21-8-3-4-13-25-21)23-26-14-5-15-27-23/h1-15H,16,24H2,(H,28,30). The minimum Gasteiger partial charge on any atom is -0.397 e. The van der Waals surface area contributed by atoms with E-state index in [4.69, 9.17) is 5.73 Å². The monoisotopic (exact) mass is 396 g/mol. The Morgan fingerprint density at radius 3 is 2.23 bits per heavy atom. The molecule has 148 valence electrons. The van der Waals surface area contributed by atoms with Crippen molar-refractivity contribution in [3.63, 3.8) is 0 Å². The molecular weight excluding hydrogens is 376 g/mol. The maximum atomic E-state index is 12.5. The van der Waals surface area contributed by atoms with E-state index < -0.39 is 0 Å². The van der Waals surface area contributed by atoms with Gasteiger partial charge in [-0.15, -0.1) is 0 Å². The van der Waals surface area contributed by atoms with Crippen molar-refractivity contribution in [3.05, 3.63) is 103 Å². The Morgan fingerprint density at radius 1 is 0.833 bits per heavy atom. The Hall–Kier alpha value is -4.26. The number of amides is 1. The number of rotatable bonds is 6. The Kier molecular flexibility index (Phi) is 5.61. The van der Waals surface area contributed by atoms with Crippen LogP contribution >= 0.6 is 0 Å². The van der Waals surface area contributed by atoms with Crippen LogP contribution in [-0.2, 0) is 6.54 Å². The predicted octanol–water partition coefficient (Wildman–Crippen LogP) is 4.04. The number of nitrogens with one attached hydrogen (secondary N) is 1. The highest BCUT2D eigenvalue weighted by Crippen LogP contribution is 2.22. The van der Waals surface area contributed by atoms with Crippen LogP contribution in [0.1, 0.15) is 15.9 Å². The molecule has 2 aromatic carbocycles. The van der Waals surface area contributed by atoms with Crippen LogP contribution in [0.15, 0.2) is 91.4 Å². The number of hydrogen-bond acceptors (Lipinski definition) is 6. The molecule has 0 saturated heterocycles. The van der Waals surface area contributed by atoms with E-state index in [0.29, 0.717) is 29.4 Å². The van der Waals surface area contributed by atoms with Crippen molar-refractivity contribution in [1.29, 1.82) is 0 Å². The maximum Gasteiger partial charge on any atom is 0.255 e. The minimum absolute atomic E-state index is 0.215. The fourth-order valence-corrected chi connectivity index (χ4v) is 2.95. The molecule has 0 unspecified atom stereocenters. The van der Waals surface area contributed by atoms with Crippen molar-refractivity contribution in [1.82, 2.24) is 15.0 Å². The van der Waals surface area contributed by atoms with Gasteiger partial charge in [0.2, 0.25) is 5.95 Å². The molecule has 4 rings (SSSR count). The molecule has 3 N–H and O–H groups in total. The number of para-hydroxylation sites is 2. The summed E-state index contributed by atoms with van der Waals surface area (Å²) >= 11 is 0. The summed E-state index contributed by atoms with van der Waals surface area (Å²) in [6.07, 6.45) is 5.12. The summed E-state index contributed by atoms with van der Waals surface area (Å²) in [5, 5.41) is 2.83. The first-order valence-electron chi connectivity index (χ1n) is 9.41. The normalized spacial score (nSPS) is 10.4. The molecule has 0 fully saturated rings. The Morgan fingerprint density at radius 2 is 1.53 bits per heavy atom. The molecule has 0 atom stereocenters. The van der Waals surface area contributed by atoms with Crippen LogP contribution < -0.4 is 16.0 Å². The first-order valence-corrected chi connectivity index (χ1v) is 9.41. The zero-order valence-corrected chi connectivity index (χ0v) is 16.1. The number of nitrogens with two attached hydrogens (primary N) is 1. The van der Waals surface area contributed by atoms with Gasteiger partial charge < -0.3 is 11.1 Å². The SMILES string of the molecule is Nc1ccccc1NC(=O)c1ccc(CN(c2ccccn2)c2ncccn2)cc1. The van der Waals surface area contributed by atoms with Gasteiger partial charge in [0.1, 0.15) is 5.82 Å². The molecule has 0 aliphatic rings. The largest absolute Gasteiger partial charge is 0.397 e. The van der Waals surface area contributed by atoms with Gasteiger partial charge in [-0.25, -0.2) is 15.0 Å². The van der Waals surface area contributed by atoms with Gasteiger partial charge in [-0.3, -0.25) is 9.69 Å². The quantitative estimate of drug-likeness (QED) is 0.477. The summed E-state index contributed by atoms with van der Waals surface area (Å²) in [4.78, 5) is 27.6. The molecule has 0 bridgehead atoms. The molecule has 0 radical (unpaired) electrons. The summed E-state index contributed by atoms with van der Waals surface area (Å²) < 4.78 is 0. The lowest BCUT2D eigenvalue weighted by molar-refractivity contribution is 0.102. The first-order chi connectivity index (χ1) is 14.7. The molecule has 0 aliphatic carbocycles. The zero-order valence-electron chi connectivity index (χ0n) is 16.1. The average Bonchev–Trinajstić information content (AvgIpc) is 2.80. The molecule has 0 saturated carbocycles. The second-order valence-electron chi connectivity index (χ2n) is 6.56. The van der Waals surface area contributed by atoms with Crippen LogP contribution in [0.25, 0.3) is 0 Å². The van der Waals surface area contributed by atoms with Crippen LogP contribution in [0.4, 0.5) is 23.1 Å². The smallest absolute Gasteiger partial charge is 0.255 e. The number of carbonyl (C=O) groups excluding carboxylic acids is 1. The molecule has 30 heavy (non-hydrogen) atoms. The molecule has 7 heteroatoms. The molecule has 0 spiro atoms. The van der Waals surface area contributed by atoms with Crippen molar-refractivity contribution in [2.45, 2.75) is 6.54 Å². The van der Waals surface area contributed by atoms with E-state index in [1.54, 1.807) is 48.9 Å². The number of anilines is 4. The average molecular weight is 396 g/mol. The highest BCUT2D eigenvalue weighted by atomic mass is 16.1. The minimum atomic E-state index is -0.215. The van der Waals surface area contributed by atoms with E-state index in [1.807, 2.05) is 47.4 Å². The number of nitrogens with zero attached hydrogens (tertiary/aromatic N) is 4. The molecule has 1 amide bonds. The Balaban J connectivity index is 1.53. The molecule has 2 heterocycles. The zero-order chi connectivity index (χ0) is 20.8. The van der Waals surface area contributed by atoms with Crippen LogP contribution in [0.3, 0.4) is 0 Å². The van der Waals surface area contributed by atoms with Gasteiger partial charge in [-0.05, 0) is 48.0 Å². The maximum absolute atomic E-state index is 12.5. The van der Waals surface area contributed by atoms with Crippen molar-refractivity contribution >= 4 is 29.0 Å². The van der Waals surface area contributed by atoms with Crippen LogP contribution in [-0.4, -0.2) is 20.9 Å². The first kappa shape index (κ1) is 19.1. The number of carbonyl (C=O) groups is 1. The van der Waals surface area contributed by atoms with E-state index in [0.717, 1.165) is 11.4 Å². The van der Waals surface area contributed by atoms with E-state index in [-0.39, 0.29) is 5.91 Å². The van der Waals surface area contributed by atoms with Crippen LogP contribution in [0.2, 0.25) is 0 Å². The summed E-state index contributed by atoms with van der Waals surface area (Å²) in [5.41, 5.74) is 8.55. The third-order valence-corrected chi connectivity index (χ3v) is 4.49. The fourth-order valence-electron chi connectivity index (χ4n) is 2.95. The molecule has 2 aromatic heterocycles. The van der Waals surface area contributed by atoms with E-state index in [2.05, 4.69) is 20.3 Å². The topological polar surface area (TPSA) is 97.0 Å². The summed E-state index contributed by atoms with van der Waals surface area (Å²) in [6.45, 7) is 0.508. The lowest BCUT2D eigenvalue weighted by Gasteiger charge is -2.21. The molecule has 4 aromatic rings. The predicted molar refractivity (Wildman–Crippen MR) is 117 cm³/mol. The van der Waals surface area contributed by atoms with Gasteiger partial charge in [-0.2, -0.15) is 0 Å². The third-order valence-electron chi connectivity index (χ3n) is 4.49. The third kappa shape index (κ3) is 4.41. The lowest BCUT2D eigenvalue weighted by atomic mass is 10.1. The molecule has 7 nitrogen and oxygen atoms in total. The van der Waals surface area contributed by atoms with Gasteiger partial charge in [0.25, 0.3) is 5.91 Å². The van der Waals surface area contributed by atoms with Gasteiger partial charge >= 0.3 is 0 Å². The second-order valence-corrected chi connectivity index (χ2v) is 6.56. The summed E-state index contributed by atoms with van der Waals surface area (Å²) in [5.74, 6) is 1.08. The number of aromatic nitrogens is 3. The van der Waals surface area contributed by atoms with E-state index >= 15 is 0 Å². The van der Waals surface area contributed by atoms with Crippen molar-refractivity contribution in [2.75, 3.05) is 16.0 Å². The van der Waals surface area contributed by atoms with Crippen molar-refractivity contribution in [3.8, 4) is 0 Å².